The van der Waals surface area contributed by atoms with E-state index in [0.717, 1.165) is 10.6 Å². The summed E-state index contributed by atoms with van der Waals surface area (Å²) in [7, 11) is 0. The summed E-state index contributed by atoms with van der Waals surface area (Å²) in [5.74, 6) is 0.491. The number of benzene rings is 2. The molecule has 0 saturated heterocycles. The third kappa shape index (κ3) is 3.43. The number of fused-ring (bicyclic) bond motifs is 1. The van der Waals surface area contributed by atoms with Crippen molar-refractivity contribution < 1.29 is 9.59 Å². The van der Waals surface area contributed by atoms with E-state index in [1.165, 1.54) is 0 Å². The van der Waals surface area contributed by atoms with Crippen molar-refractivity contribution in [2.75, 3.05) is 16.4 Å². The van der Waals surface area contributed by atoms with Crippen LogP contribution in [0.3, 0.4) is 0 Å². The number of carbonyl (C=O) groups is 2. The lowest BCUT2D eigenvalue weighted by atomic mass is 10.1. The fourth-order valence-electron chi connectivity index (χ4n) is 2.10. The van der Waals surface area contributed by atoms with E-state index in [1.54, 1.807) is 48.2 Å². The number of amides is 2. The van der Waals surface area contributed by atoms with Gasteiger partial charge >= 0.3 is 0 Å². The van der Waals surface area contributed by atoms with Gasteiger partial charge in [-0.2, -0.15) is 0 Å². The molecule has 1 heterocycles. The Hall–Kier alpha value is -1.98. The molecule has 1 aliphatic heterocycles. The molecule has 0 unspecified atom stereocenters. The van der Waals surface area contributed by atoms with Crippen molar-refractivity contribution in [1.82, 2.24) is 0 Å². The van der Waals surface area contributed by atoms with Crippen LogP contribution in [-0.4, -0.2) is 17.6 Å². The zero-order chi connectivity index (χ0) is 15.5. The Kier molecular flexibility index (Phi) is 4.36. The van der Waals surface area contributed by atoms with Crippen molar-refractivity contribution in [3.8, 4) is 0 Å². The Morgan fingerprint density at radius 3 is 2.73 bits per heavy atom. The lowest BCUT2D eigenvalue weighted by Crippen LogP contribution is -2.14. The number of halogens is 1. The third-order valence-corrected chi connectivity index (χ3v) is 4.53. The largest absolute Gasteiger partial charge is 0.325 e. The van der Waals surface area contributed by atoms with Crippen molar-refractivity contribution in [1.29, 1.82) is 0 Å². The van der Waals surface area contributed by atoms with Crippen LogP contribution in [-0.2, 0) is 4.79 Å². The molecular formula is C16H13ClN2O2S. The summed E-state index contributed by atoms with van der Waals surface area (Å²) >= 11 is 7.43. The topological polar surface area (TPSA) is 58.2 Å². The molecule has 0 spiro atoms. The Balaban J connectivity index is 1.81. The first-order chi connectivity index (χ1) is 10.6. The average molecular weight is 333 g/mol. The molecule has 0 bridgehead atoms. The molecule has 4 nitrogen and oxygen atoms in total. The Labute approximate surface area is 137 Å². The van der Waals surface area contributed by atoms with Crippen LogP contribution in [0.2, 0.25) is 5.02 Å². The smallest absolute Gasteiger partial charge is 0.255 e. The minimum Gasteiger partial charge on any atom is -0.325 e. The molecule has 2 aromatic carbocycles. The normalized spacial score (nSPS) is 13.8. The van der Waals surface area contributed by atoms with Crippen molar-refractivity contribution in [3.05, 3.63) is 53.1 Å². The fourth-order valence-corrected chi connectivity index (χ4v) is 3.16. The summed E-state index contributed by atoms with van der Waals surface area (Å²) in [6.45, 7) is 0. The number of carbonyl (C=O) groups excluding carboxylic acids is 2. The van der Waals surface area contributed by atoms with Gasteiger partial charge in [0.15, 0.2) is 0 Å². The highest BCUT2D eigenvalue weighted by molar-refractivity contribution is 7.99. The van der Waals surface area contributed by atoms with Crippen LogP contribution in [0.4, 0.5) is 11.4 Å². The predicted octanol–water partition coefficient (Wildman–Crippen LogP) is 4.03. The summed E-state index contributed by atoms with van der Waals surface area (Å²) in [5.41, 5.74) is 1.86. The summed E-state index contributed by atoms with van der Waals surface area (Å²) < 4.78 is 0. The Morgan fingerprint density at radius 1 is 1.18 bits per heavy atom. The minimum absolute atomic E-state index is 0.0264. The predicted molar refractivity (Wildman–Crippen MR) is 89.8 cm³/mol. The van der Waals surface area contributed by atoms with E-state index in [9.17, 15) is 9.59 Å². The molecule has 3 rings (SSSR count). The Bertz CT molecular complexity index is 731. The van der Waals surface area contributed by atoms with Gasteiger partial charge in [-0.05, 0) is 42.5 Å². The number of thioether (sulfide) groups is 1. The average Bonchev–Trinajstić information content (AvgIpc) is 2.69. The molecule has 22 heavy (non-hydrogen) atoms. The number of anilines is 2. The van der Waals surface area contributed by atoms with Crippen LogP contribution in [0.5, 0.6) is 0 Å². The van der Waals surface area contributed by atoms with E-state index in [2.05, 4.69) is 10.6 Å². The maximum atomic E-state index is 12.3. The van der Waals surface area contributed by atoms with Gasteiger partial charge in [0.25, 0.3) is 5.91 Å². The number of nitrogens with one attached hydrogen (secondary N) is 2. The molecule has 0 fully saturated rings. The van der Waals surface area contributed by atoms with E-state index in [1.807, 2.05) is 6.07 Å². The molecule has 0 aliphatic carbocycles. The maximum Gasteiger partial charge on any atom is 0.255 e. The maximum absolute atomic E-state index is 12.3. The summed E-state index contributed by atoms with van der Waals surface area (Å²) in [5, 5.41) is 6.25. The number of rotatable bonds is 2. The van der Waals surface area contributed by atoms with Gasteiger partial charge in [0.05, 0.1) is 5.69 Å². The first kappa shape index (κ1) is 14.9. The second kappa shape index (κ2) is 6.42. The van der Waals surface area contributed by atoms with Gasteiger partial charge in [-0.15, -0.1) is 11.8 Å². The molecule has 0 atom stereocenters. The molecule has 0 saturated carbocycles. The Morgan fingerprint density at radius 2 is 1.95 bits per heavy atom. The lowest BCUT2D eigenvalue weighted by molar-refractivity contribution is -0.115. The van der Waals surface area contributed by atoms with E-state index in [0.29, 0.717) is 28.4 Å². The first-order valence-corrected chi connectivity index (χ1v) is 8.12. The highest BCUT2D eigenvalue weighted by Crippen LogP contribution is 2.31. The van der Waals surface area contributed by atoms with E-state index >= 15 is 0 Å². The van der Waals surface area contributed by atoms with Crippen LogP contribution >= 0.6 is 23.4 Å². The zero-order valence-corrected chi connectivity index (χ0v) is 13.1. The van der Waals surface area contributed by atoms with Crippen LogP contribution in [0.15, 0.2) is 47.4 Å². The van der Waals surface area contributed by atoms with Crippen LogP contribution in [0, 0.1) is 0 Å². The van der Waals surface area contributed by atoms with Gasteiger partial charge in [-0.25, -0.2) is 0 Å². The molecule has 2 amide bonds. The van der Waals surface area contributed by atoms with E-state index in [-0.39, 0.29) is 11.8 Å². The SMILES string of the molecule is O=C1CCSc2ccc(C(=O)Nc3ccc(Cl)cc3)cc2N1. The second-order valence-corrected chi connectivity index (χ2v) is 6.39. The van der Waals surface area contributed by atoms with E-state index in [4.69, 9.17) is 11.6 Å². The number of hydrogen-bond donors (Lipinski definition) is 2. The first-order valence-electron chi connectivity index (χ1n) is 6.75. The van der Waals surface area contributed by atoms with E-state index < -0.39 is 0 Å². The van der Waals surface area contributed by atoms with Gasteiger partial charge in [0.2, 0.25) is 5.91 Å². The fraction of sp³-hybridized carbons (Fsp3) is 0.125. The quantitative estimate of drug-likeness (QED) is 0.873. The standard InChI is InChI=1S/C16H13ClN2O2S/c17-11-2-4-12(5-3-11)18-16(21)10-1-6-14-13(9-10)19-15(20)7-8-22-14/h1-6,9H,7-8H2,(H,18,21)(H,19,20). The highest BCUT2D eigenvalue weighted by Gasteiger charge is 2.15. The van der Waals surface area contributed by atoms with Gasteiger partial charge < -0.3 is 10.6 Å². The van der Waals surface area contributed by atoms with Crippen LogP contribution < -0.4 is 10.6 Å². The molecule has 6 heteroatoms. The molecular weight excluding hydrogens is 320 g/mol. The molecule has 2 aromatic rings. The monoisotopic (exact) mass is 332 g/mol. The van der Waals surface area contributed by atoms with Gasteiger partial charge in [0.1, 0.15) is 0 Å². The molecule has 2 N–H and O–H groups in total. The van der Waals surface area contributed by atoms with Crippen LogP contribution in [0.1, 0.15) is 16.8 Å². The molecule has 0 radical (unpaired) electrons. The molecule has 0 aromatic heterocycles. The molecule has 112 valence electrons. The van der Waals surface area contributed by atoms with Crippen molar-refractivity contribution in [2.45, 2.75) is 11.3 Å². The summed E-state index contributed by atoms with van der Waals surface area (Å²) in [4.78, 5) is 24.9. The number of hydrogen-bond acceptors (Lipinski definition) is 3. The van der Waals surface area contributed by atoms with Crippen molar-refractivity contribution in [3.63, 3.8) is 0 Å². The van der Waals surface area contributed by atoms with Crippen molar-refractivity contribution >= 4 is 46.6 Å². The van der Waals surface area contributed by atoms with Gasteiger partial charge in [0, 0.05) is 33.3 Å². The van der Waals surface area contributed by atoms with Crippen molar-refractivity contribution in [2.24, 2.45) is 0 Å². The van der Waals surface area contributed by atoms with Gasteiger partial charge in [-0.1, -0.05) is 11.6 Å². The summed E-state index contributed by atoms with van der Waals surface area (Å²) in [6, 6.07) is 12.2. The highest BCUT2D eigenvalue weighted by atomic mass is 35.5. The van der Waals surface area contributed by atoms with Crippen LogP contribution in [0.25, 0.3) is 0 Å². The second-order valence-electron chi connectivity index (χ2n) is 4.82. The molecule has 1 aliphatic rings. The van der Waals surface area contributed by atoms with Gasteiger partial charge in [-0.3, -0.25) is 9.59 Å². The lowest BCUT2D eigenvalue weighted by Gasteiger charge is -2.09. The third-order valence-electron chi connectivity index (χ3n) is 3.20. The summed E-state index contributed by atoms with van der Waals surface area (Å²) in [6.07, 6.45) is 0.478. The minimum atomic E-state index is -0.228. The zero-order valence-electron chi connectivity index (χ0n) is 11.6.